The molecule has 4 heterocycles. The molecule has 0 saturated carbocycles. The normalized spacial score (nSPS) is 28.5. The SMILES string of the molecule is O=C(NOC[C@@H]1C[C@H](n2ccnn2)CN1)[C@@H]1CC[C@@H]2CN1C(=O)N2OS(=O)(=O)[O-].[Na+]. The van der Waals surface area contributed by atoms with Gasteiger partial charge >= 0.3 is 35.6 Å². The Bertz CT molecular complexity index is 870. The van der Waals surface area contributed by atoms with E-state index < -0.39 is 34.4 Å². The summed E-state index contributed by atoms with van der Waals surface area (Å²) < 4.78 is 38.4. The molecule has 0 spiro atoms. The fraction of sp³-hybridized carbons (Fsp3) is 0.714. The average Bonchev–Trinajstić information content (AvgIpc) is 3.39. The van der Waals surface area contributed by atoms with Crippen LogP contribution in [0.5, 0.6) is 0 Å². The molecule has 16 heteroatoms. The molecule has 4 atom stereocenters. The van der Waals surface area contributed by atoms with Crippen molar-refractivity contribution in [2.75, 3.05) is 19.7 Å². The van der Waals surface area contributed by atoms with Gasteiger partial charge in [-0.3, -0.25) is 9.63 Å². The maximum atomic E-state index is 12.4. The van der Waals surface area contributed by atoms with Crippen molar-refractivity contribution in [3.63, 3.8) is 0 Å². The molecule has 30 heavy (non-hydrogen) atoms. The molecule has 3 aliphatic rings. The van der Waals surface area contributed by atoms with Crippen LogP contribution in [0.15, 0.2) is 12.4 Å². The van der Waals surface area contributed by atoms with Crippen molar-refractivity contribution in [1.29, 1.82) is 0 Å². The molecular formula is C14H20N7NaO7S. The number of aromatic nitrogens is 3. The van der Waals surface area contributed by atoms with Gasteiger partial charge in [0.05, 0.1) is 24.9 Å². The van der Waals surface area contributed by atoms with Gasteiger partial charge < -0.3 is 14.8 Å². The van der Waals surface area contributed by atoms with Gasteiger partial charge in [0.1, 0.15) is 6.04 Å². The minimum atomic E-state index is -5.08. The van der Waals surface area contributed by atoms with Gasteiger partial charge in [-0.2, -0.15) is 9.35 Å². The van der Waals surface area contributed by atoms with Gasteiger partial charge in [-0.05, 0) is 19.3 Å². The predicted octanol–water partition coefficient (Wildman–Crippen LogP) is -5.11. The third-order valence-electron chi connectivity index (χ3n) is 5.27. The average molecular weight is 453 g/mol. The second kappa shape index (κ2) is 9.44. The zero-order valence-electron chi connectivity index (χ0n) is 16.2. The quantitative estimate of drug-likeness (QED) is 0.176. The number of rotatable bonds is 7. The molecule has 0 radical (unpaired) electrons. The Hall–Kier alpha value is -1.33. The maximum Gasteiger partial charge on any atom is 1.00 e. The molecule has 3 fully saturated rings. The van der Waals surface area contributed by atoms with E-state index in [-0.39, 0.29) is 54.8 Å². The predicted molar refractivity (Wildman–Crippen MR) is 91.1 cm³/mol. The Morgan fingerprint density at radius 2 is 2.17 bits per heavy atom. The smallest absolute Gasteiger partial charge is 0.724 e. The number of hydrogen-bond donors (Lipinski definition) is 2. The largest absolute Gasteiger partial charge is 1.00 e. The summed E-state index contributed by atoms with van der Waals surface area (Å²) in [4.78, 5) is 31.2. The number of hydroxylamine groups is 3. The number of piperidine rings is 1. The minimum Gasteiger partial charge on any atom is -0.724 e. The molecular weight excluding hydrogens is 433 g/mol. The zero-order chi connectivity index (χ0) is 20.6. The Kier molecular flexibility index (Phi) is 7.34. The van der Waals surface area contributed by atoms with Crippen molar-refractivity contribution in [3.8, 4) is 0 Å². The van der Waals surface area contributed by atoms with E-state index in [2.05, 4.69) is 25.4 Å². The van der Waals surface area contributed by atoms with Crippen molar-refractivity contribution >= 4 is 22.3 Å². The molecule has 0 aliphatic carbocycles. The summed E-state index contributed by atoms with van der Waals surface area (Å²) in [6, 6.07) is -2.09. The molecule has 1 aromatic rings. The first-order valence-electron chi connectivity index (χ1n) is 9.08. The summed E-state index contributed by atoms with van der Waals surface area (Å²) in [5, 5.41) is 11.5. The Morgan fingerprint density at radius 3 is 2.87 bits per heavy atom. The Balaban J connectivity index is 0.00000256. The van der Waals surface area contributed by atoms with Crippen LogP contribution in [0.25, 0.3) is 0 Å². The van der Waals surface area contributed by atoms with Crippen LogP contribution in [0.3, 0.4) is 0 Å². The molecule has 3 amide bonds. The van der Waals surface area contributed by atoms with Crippen molar-refractivity contribution in [1.82, 2.24) is 35.8 Å². The van der Waals surface area contributed by atoms with E-state index in [1.54, 1.807) is 17.1 Å². The monoisotopic (exact) mass is 453 g/mol. The molecule has 0 unspecified atom stereocenters. The second-order valence-corrected chi connectivity index (χ2v) is 8.11. The van der Waals surface area contributed by atoms with E-state index in [0.717, 1.165) is 6.42 Å². The number of carbonyl (C=O) groups is 2. The van der Waals surface area contributed by atoms with Crippen molar-refractivity contribution in [2.24, 2.45) is 0 Å². The number of fused-ring (bicyclic) bond motifs is 2. The molecule has 4 rings (SSSR count). The van der Waals surface area contributed by atoms with Crippen molar-refractivity contribution in [2.45, 2.75) is 43.4 Å². The molecule has 2 bridgehead atoms. The molecule has 0 aromatic carbocycles. The van der Waals surface area contributed by atoms with Crippen LogP contribution >= 0.6 is 0 Å². The van der Waals surface area contributed by atoms with Crippen LogP contribution < -0.4 is 40.4 Å². The molecule has 3 aliphatic heterocycles. The number of nitrogens with zero attached hydrogens (tertiary/aromatic N) is 5. The number of hydrogen-bond acceptors (Lipinski definition) is 10. The summed E-state index contributed by atoms with van der Waals surface area (Å²) in [6.07, 6.45) is 4.76. The van der Waals surface area contributed by atoms with Gasteiger partial charge in [0, 0.05) is 25.3 Å². The van der Waals surface area contributed by atoms with E-state index >= 15 is 0 Å². The van der Waals surface area contributed by atoms with Gasteiger partial charge in [0.2, 0.25) is 10.4 Å². The van der Waals surface area contributed by atoms with Crippen molar-refractivity contribution in [3.05, 3.63) is 12.4 Å². The fourth-order valence-electron chi connectivity index (χ4n) is 3.92. The summed E-state index contributed by atoms with van der Waals surface area (Å²) in [5.74, 6) is -0.519. The van der Waals surface area contributed by atoms with Crippen LogP contribution in [0.2, 0.25) is 0 Å². The molecule has 2 N–H and O–H groups in total. The molecule has 160 valence electrons. The van der Waals surface area contributed by atoms with Gasteiger partial charge in [-0.1, -0.05) is 5.21 Å². The first-order chi connectivity index (χ1) is 13.8. The third-order valence-corrected chi connectivity index (χ3v) is 5.61. The van der Waals surface area contributed by atoms with Crippen LogP contribution in [-0.4, -0.2) is 87.7 Å². The van der Waals surface area contributed by atoms with Crippen molar-refractivity contribution < 1.29 is 61.2 Å². The van der Waals surface area contributed by atoms with Gasteiger partial charge in [-0.25, -0.2) is 23.4 Å². The minimum absolute atomic E-state index is 0. The Labute approximate surface area is 194 Å². The molecule has 1 aromatic heterocycles. The fourth-order valence-corrected chi connectivity index (χ4v) is 4.30. The number of nitrogens with one attached hydrogen (secondary N) is 2. The van der Waals surface area contributed by atoms with Gasteiger partial charge in [0.25, 0.3) is 5.91 Å². The Morgan fingerprint density at radius 1 is 1.37 bits per heavy atom. The third kappa shape index (κ3) is 5.11. The summed E-state index contributed by atoms with van der Waals surface area (Å²) >= 11 is 0. The van der Waals surface area contributed by atoms with Crippen LogP contribution in [0, 0.1) is 0 Å². The first-order valence-corrected chi connectivity index (χ1v) is 10.4. The summed E-state index contributed by atoms with van der Waals surface area (Å²) in [5.41, 5.74) is 2.35. The van der Waals surface area contributed by atoms with E-state index in [0.29, 0.717) is 24.4 Å². The molecule has 3 saturated heterocycles. The number of carbonyl (C=O) groups excluding carboxylic acids is 2. The van der Waals surface area contributed by atoms with E-state index in [1.165, 1.54) is 4.90 Å². The van der Waals surface area contributed by atoms with E-state index in [9.17, 15) is 22.6 Å². The summed E-state index contributed by atoms with van der Waals surface area (Å²) in [7, 11) is -5.08. The second-order valence-electron chi connectivity index (χ2n) is 7.15. The number of amides is 3. The first kappa shape index (κ1) is 23.3. The van der Waals surface area contributed by atoms with Crippen LogP contribution in [-0.2, 0) is 24.3 Å². The topological polar surface area (TPSA) is 171 Å². The maximum absolute atomic E-state index is 12.4. The number of urea groups is 1. The van der Waals surface area contributed by atoms with E-state index in [4.69, 9.17) is 4.84 Å². The summed E-state index contributed by atoms with van der Waals surface area (Å²) in [6.45, 7) is 1.02. The van der Waals surface area contributed by atoms with Crippen LogP contribution in [0.1, 0.15) is 25.3 Å². The standard InChI is InChI=1S/C14H21N7O7S.Na/c22-13(17-27-8-9-5-11(6-15-9)20-4-3-16-18-20)12-2-1-10-7-19(12)14(23)21(10)28-29(24,25)26;/h3-4,9-12,15H,1-2,5-8H2,(H,17,22)(H,24,25,26);/q;+1/p-1/t9-,10+,11-,12-;/m0./s1. The van der Waals surface area contributed by atoms with Gasteiger partial charge in [0.15, 0.2) is 0 Å². The zero-order valence-corrected chi connectivity index (χ0v) is 19.0. The van der Waals surface area contributed by atoms with Gasteiger partial charge in [-0.15, -0.1) is 5.10 Å². The molecule has 14 nitrogen and oxygen atoms in total. The van der Waals surface area contributed by atoms with Crippen LogP contribution in [0.4, 0.5) is 4.79 Å². The van der Waals surface area contributed by atoms with E-state index in [1.807, 2.05) is 0 Å².